The highest BCUT2D eigenvalue weighted by molar-refractivity contribution is 7.13. The van der Waals surface area contributed by atoms with Gasteiger partial charge in [0.15, 0.2) is 0 Å². The average Bonchev–Trinajstić information content (AvgIpc) is 4.04. The minimum atomic E-state index is -2.49. The Morgan fingerprint density at radius 3 is 1.00 bits per heavy atom. The number of para-hydroxylation sites is 6. The number of hydrogen-bond donors (Lipinski definition) is 0. The van der Waals surface area contributed by atoms with Gasteiger partial charge in [0.25, 0.3) is 0 Å². The molecule has 68 heavy (non-hydrogen) atoms. The average molecular weight is 913 g/mol. The number of furan rings is 2. The van der Waals surface area contributed by atoms with Crippen LogP contribution in [0.25, 0.3) is 66.1 Å². The fourth-order valence-electron chi connectivity index (χ4n) is 12.3. The molecule has 0 N–H and O–H groups in total. The van der Waals surface area contributed by atoms with E-state index in [-0.39, 0.29) is 0 Å². The first-order valence-corrected chi connectivity index (χ1v) is 29.9. The van der Waals surface area contributed by atoms with Crippen molar-refractivity contribution in [2.24, 2.45) is 0 Å². The Bertz CT molecular complexity index is 3600. The maximum absolute atomic E-state index is 7.22. The third-order valence-electron chi connectivity index (χ3n) is 15.5. The Morgan fingerprint density at radius 1 is 0.353 bits per heavy atom. The topological polar surface area (TPSA) is 32.8 Å². The zero-order valence-electron chi connectivity index (χ0n) is 39.9. The Balaban J connectivity index is 1.11. The fraction of sp³-hybridized carbons (Fsp3) is 0.129. The molecule has 0 saturated heterocycles. The van der Waals surface area contributed by atoms with E-state index in [0.29, 0.717) is 0 Å². The molecule has 0 spiro atoms. The summed E-state index contributed by atoms with van der Waals surface area (Å²) in [6.45, 7) is 19.3. The molecule has 9 aromatic carbocycles. The van der Waals surface area contributed by atoms with Gasteiger partial charge in [0.1, 0.15) is 38.5 Å². The van der Waals surface area contributed by atoms with E-state index in [0.717, 1.165) is 43.9 Å². The molecular weight excluding hydrogens is 861 g/mol. The number of fused-ring (bicyclic) bond motifs is 15. The van der Waals surface area contributed by atoms with E-state index in [1.165, 1.54) is 89.0 Å². The summed E-state index contributed by atoms with van der Waals surface area (Å²) >= 11 is 0. The van der Waals surface area contributed by atoms with Crippen molar-refractivity contribution in [3.63, 3.8) is 0 Å². The summed E-state index contributed by atoms with van der Waals surface area (Å²) in [7, 11) is -4.97. The standard InChI is InChI=1S/C62H52N2O2Si2/c1-37-21-9-15-27-45(37)63(46-28-16-10-22-38(46)2)49-35-53-57(59-55(49)41-25-13-19-31-51(41)65-59)43-33-34-44-58-54(68(7,8)62(44)61(43)67(53,5)6)36-50(56-42-26-14-20-32-52(42)66-60(56)58)64(47-29-17-11-23-39(47)3)48-30-18-12-24-40(48)4/h9-36H,1-8H3. The quantitative estimate of drug-likeness (QED) is 0.156. The summed E-state index contributed by atoms with van der Waals surface area (Å²) in [5.74, 6) is 0. The molecule has 4 heterocycles. The van der Waals surface area contributed by atoms with Crippen molar-refractivity contribution >= 4 is 115 Å². The normalized spacial score (nSPS) is 14.1. The van der Waals surface area contributed by atoms with Crippen LogP contribution in [0.4, 0.5) is 34.1 Å². The van der Waals surface area contributed by atoms with Crippen LogP contribution in [0.1, 0.15) is 22.3 Å². The molecule has 0 amide bonds. The number of aryl methyl sites for hydroxylation is 4. The molecule has 2 aliphatic rings. The third kappa shape index (κ3) is 5.53. The van der Waals surface area contributed by atoms with Crippen LogP contribution in [0, 0.1) is 27.7 Å². The van der Waals surface area contributed by atoms with Crippen molar-refractivity contribution in [3.05, 3.63) is 192 Å². The predicted octanol–water partition coefficient (Wildman–Crippen LogP) is 15.3. The zero-order chi connectivity index (χ0) is 46.4. The number of nitrogens with zero attached hydrogens (tertiary/aromatic N) is 2. The lowest BCUT2D eigenvalue weighted by molar-refractivity contribution is 0.670. The van der Waals surface area contributed by atoms with Crippen molar-refractivity contribution in [3.8, 4) is 22.3 Å². The highest BCUT2D eigenvalue weighted by atomic mass is 28.3. The van der Waals surface area contributed by atoms with Gasteiger partial charge in [0.2, 0.25) is 0 Å². The van der Waals surface area contributed by atoms with Crippen LogP contribution in [0.3, 0.4) is 0 Å². The molecule has 0 radical (unpaired) electrons. The lowest BCUT2D eigenvalue weighted by Gasteiger charge is -2.32. The van der Waals surface area contributed by atoms with E-state index in [4.69, 9.17) is 8.83 Å². The lowest BCUT2D eigenvalue weighted by Crippen LogP contribution is -2.63. The van der Waals surface area contributed by atoms with Crippen LogP contribution in [0.2, 0.25) is 26.2 Å². The third-order valence-corrected chi connectivity index (χ3v) is 22.8. The Kier molecular flexibility index (Phi) is 8.75. The van der Waals surface area contributed by atoms with Crippen molar-refractivity contribution in [1.82, 2.24) is 0 Å². The van der Waals surface area contributed by atoms with Crippen molar-refractivity contribution in [2.75, 3.05) is 9.80 Å². The van der Waals surface area contributed by atoms with Crippen molar-refractivity contribution in [2.45, 2.75) is 53.9 Å². The number of rotatable bonds is 6. The first kappa shape index (κ1) is 40.9. The largest absolute Gasteiger partial charge is 0.455 e. The van der Waals surface area contributed by atoms with Gasteiger partial charge in [-0.1, -0.05) is 148 Å². The molecule has 0 bridgehead atoms. The van der Waals surface area contributed by atoms with E-state index in [1.807, 2.05) is 0 Å². The lowest BCUT2D eigenvalue weighted by atomic mass is 9.95. The molecule has 0 fully saturated rings. The van der Waals surface area contributed by atoms with E-state index in [9.17, 15) is 0 Å². The zero-order valence-corrected chi connectivity index (χ0v) is 41.9. The summed E-state index contributed by atoms with van der Waals surface area (Å²) in [6, 6.07) is 62.5. The second-order valence-corrected chi connectivity index (χ2v) is 28.8. The maximum Gasteiger partial charge on any atom is 0.145 e. The molecule has 0 atom stereocenters. The summed E-state index contributed by atoms with van der Waals surface area (Å²) in [6.07, 6.45) is 0. The van der Waals surface area contributed by atoms with Gasteiger partial charge < -0.3 is 18.6 Å². The van der Waals surface area contributed by atoms with Crippen LogP contribution in [-0.2, 0) is 0 Å². The van der Waals surface area contributed by atoms with Gasteiger partial charge >= 0.3 is 0 Å². The summed E-state index contributed by atoms with van der Waals surface area (Å²) in [4.78, 5) is 5.02. The van der Waals surface area contributed by atoms with Gasteiger partial charge in [-0.25, -0.2) is 0 Å². The maximum atomic E-state index is 7.22. The Hall–Kier alpha value is -7.39. The van der Waals surface area contributed by atoms with E-state index in [2.05, 4.69) is 234 Å². The predicted molar refractivity (Wildman–Crippen MR) is 294 cm³/mol. The van der Waals surface area contributed by atoms with Crippen LogP contribution < -0.4 is 30.5 Å². The molecule has 6 heteroatoms. The molecule has 4 nitrogen and oxygen atoms in total. The first-order chi connectivity index (χ1) is 32.9. The van der Waals surface area contributed by atoms with Gasteiger partial charge in [0.05, 0.1) is 22.1 Å². The highest BCUT2D eigenvalue weighted by Crippen LogP contribution is 2.52. The van der Waals surface area contributed by atoms with Gasteiger partial charge in [-0.05, 0) is 130 Å². The van der Waals surface area contributed by atoms with Gasteiger partial charge in [-0.15, -0.1) is 0 Å². The second kappa shape index (κ2) is 14.6. The molecule has 330 valence electrons. The smallest absolute Gasteiger partial charge is 0.145 e. The van der Waals surface area contributed by atoms with E-state index < -0.39 is 16.1 Å². The molecule has 2 aliphatic heterocycles. The molecule has 2 aromatic heterocycles. The molecular formula is C62H52N2O2Si2. The molecule has 11 aromatic rings. The van der Waals surface area contributed by atoms with Crippen molar-refractivity contribution < 1.29 is 8.83 Å². The molecule has 0 saturated carbocycles. The fourth-order valence-corrected chi connectivity index (χ4v) is 20.7. The number of anilines is 6. The molecule has 0 unspecified atom stereocenters. The van der Waals surface area contributed by atoms with Gasteiger partial charge in [-0.3, -0.25) is 0 Å². The second-order valence-electron chi connectivity index (χ2n) is 20.2. The van der Waals surface area contributed by atoms with E-state index >= 15 is 0 Å². The SMILES string of the molecule is Cc1ccccc1N(c1ccccc1C)c1cc2c(c3oc4ccccc4c13)-c1ccc3c(c1[Si]2(C)C)[Si](C)(C)c1cc(N(c2ccccc2C)c2ccccc2C)c2c(oc4ccccc42)c1-3. The Morgan fingerprint density at radius 2 is 0.662 bits per heavy atom. The highest BCUT2D eigenvalue weighted by Gasteiger charge is 2.50. The molecule has 0 aliphatic carbocycles. The number of hydrogen-bond acceptors (Lipinski definition) is 4. The minimum absolute atomic E-state index is 0.912. The van der Waals surface area contributed by atoms with Gasteiger partial charge in [-0.2, -0.15) is 0 Å². The summed E-state index contributed by atoms with van der Waals surface area (Å²) in [5, 5.41) is 10.5. The molecule has 13 rings (SSSR count). The van der Waals surface area contributed by atoms with Crippen LogP contribution in [0.5, 0.6) is 0 Å². The minimum Gasteiger partial charge on any atom is -0.455 e. The van der Waals surface area contributed by atoms with Crippen LogP contribution in [-0.4, -0.2) is 16.1 Å². The first-order valence-electron chi connectivity index (χ1n) is 23.9. The summed E-state index contributed by atoms with van der Waals surface area (Å²) in [5.41, 5.74) is 20.9. The van der Waals surface area contributed by atoms with Gasteiger partial charge in [0, 0.05) is 44.6 Å². The van der Waals surface area contributed by atoms with E-state index in [1.54, 1.807) is 10.4 Å². The Labute approximate surface area is 399 Å². The monoisotopic (exact) mass is 912 g/mol. The van der Waals surface area contributed by atoms with Crippen LogP contribution in [0.15, 0.2) is 179 Å². The number of benzene rings is 9. The van der Waals surface area contributed by atoms with Crippen LogP contribution >= 0.6 is 0 Å². The summed E-state index contributed by atoms with van der Waals surface area (Å²) < 4.78 is 14.4. The van der Waals surface area contributed by atoms with Crippen molar-refractivity contribution in [1.29, 1.82) is 0 Å².